The number of aromatic nitrogens is 3. The second-order valence-corrected chi connectivity index (χ2v) is 9.49. The van der Waals surface area contributed by atoms with Gasteiger partial charge in [-0.1, -0.05) is 32.0 Å². The topological polar surface area (TPSA) is 95.3 Å². The Labute approximate surface area is 208 Å². The molecule has 182 valence electrons. The first-order valence-corrected chi connectivity index (χ1v) is 13.1. The third-order valence-corrected chi connectivity index (χ3v) is 7.20. The number of carbonyl (C=O) groups excluding carboxylic acids is 2. The second-order valence-electron chi connectivity index (χ2n) is 7.41. The normalized spacial score (nSPS) is 10.8. The lowest BCUT2D eigenvalue weighted by Crippen LogP contribution is -2.16. The first kappa shape index (κ1) is 25.8. The zero-order chi connectivity index (χ0) is 24.5. The summed E-state index contributed by atoms with van der Waals surface area (Å²) in [6.07, 6.45) is 2.89. The maximum Gasteiger partial charge on any atom is 0.340 e. The number of rotatable bonds is 12. The largest absolute Gasteiger partial charge is 0.494 e. The molecule has 0 saturated heterocycles. The lowest BCUT2D eigenvalue weighted by atomic mass is 10.2. The maximum atomic E-state index is 12.6. The molecule has 0 spiro atoms. The first-order chi connectivity index (χ1) is 16.5. The van der Waals surface area contributed by atoms with E-state index in [-0.39, 0.29) is 11.7 Å². The number of thiophene rings is 1. The summed E-state index contributed by atoms with van der Waals surface area (Å²) in [4.78, 5) is 25.7. The molecule has 0 atom stereocenters. The smallest absolute Gasteiger partial charge is 0.340 e. The first-order valence-electron chi connectivity index (χ1n) is 11.3. The molecule has 2 heterocycles. The molecule has 0 unspecified atom stereocenters. The molecule has 3 aromatic rings. The summed E-state index contributed by atoms with van der Waals surface area (Å²) < 4.78 is 12.5. The van der Waals surface area contributed by atoms with Gasteiger partial charge in [0.1, 0.15) is 10.8 Å². The number of nitrogens with zero attached hydrogens (tertiary/aromatic N) is 3. The Morgan fingerprint density at radius 2 is 1.91 bits per heavy atom. The molecule has 2 aromatic heterocycles. The predicted molar refractivity (Wildman–Crippen MR) is 136 cm³/mol. The number of methoxy groups -OCH3 is 1. The zero-order valence-corrected chi connectivity index (χ0v) is 21.6. The number of benzene rings is 1. The molecular formula is C24H30N4O4S2. The summed E-state index contributed by atoms with van der Waals surface area (Å²) in [5.74, 6) is 1.03. The van der Waals surface area contributed by atoms with Gasteiger partial charge >= 0.3 is 5.97 Å². The highest BCUT2D eigenvalue weighted by atomic mass is 32.2. The summed E-state index contributed by atoms with van der Waals surface area (Å²) in [6.45, 7) is 7.51. The van der Waals surface area contributed by atoms with Crippen LogP contribution in [0.25, 0.3) is 11.4 Å². The average Bonchev–Trinajstić information content (AvgIpc) is 3.46. The van der Waals surface area contributed by atoms with E-state index in [1.807, 2.05) is 42.7 Å². The van der Waals surface area contributed by atoms with Gasteiger partial charge in [0.2, 0.25) is 5.91 Å². The predicted octanol–water partition coefficient (Wildman–Crippen LogP) is 5.29. The van der Waals surface area contributed by atoms with Crippen LogP contribution in [0.1, 0.15) is 48.8 Å². The number of hydrogen-bond acceptors (Lipinski definition) is 8. The van der Waals surface area contributed by atoms with E-state index < -0.39 is 5.97 Å². The van der Waals surface area contributed by atoms with Gasteiger partial charge in [-0.25, -0.2) is 4.79 Å². The van der Waals surface area contributed by atoms with Crippen LogP contribution in [0.5, 0.6) is 5.75 Å². The molecular weight excluding hydrogens is 472 g/mol. The average molecular weight is 503 g/mol. The van der Waals surface area contributed by atoms with Crippen molar-refractivity contribution in [3.63, 3.8) is 0 Å². The van der Waals surface area contributed by atoms with Gasteiger partial charge in [0.05, 0.1) is 25.0 Å². The Kier molecular flexibility index (Phi) is 9.52. The lowest BCUT2D eigenvalue weighted by Gasteiger charge is -2.09. The molecule has 0 aliphatic heterocycles. The van der Waals surface area contributed by atoms with E-state index in [4.69, 9.17) is 9.47 Å². The number of amides is 1. The van der Waals surface area contributed by atoms with Crippen molar-refractivity contribution in [3.8, 4) is 17.1 Å². The van der Waals surface area contributed by atoms with Gasteiger partial charge in [0.25, 0.3) is 0 Å². The number of esters is 1. The van der Waals surface area contributed by atoms with Crippen molar-refractivity contribution in [3.05, 3.63) is 40.8 Å². The summed E-state index contributed by atoms with van der Waals surface area (Å²) in [5, 5.41) is 12.6. The second kappa shape index (κ2) is 12.6. The fourth-order valence-electron chi connectivity index (χ4n) is 3.19. The van der Waals surface area contributed by atoms with Crippen molar-refractivity contribution in [2.45, 2.75) is 51.7 Å². The number of hydrogen-bond donors (Lipinski definition) is 1. The number of carbonyl (C=O) groups is 2. The van der Waals surface area contributed by atoms with Gasteiger partial charge in [0.15, 0.2) is 11.0 Å². The Hall–Kier alpha value is -2.85. The fourth-order valence-corrected chi connectivity index (χ4v) is 4.99. The van der Waals surface area contributed by atoms with E-state index in [9.17, 15) is 9.59 Å². The molecule has 1 aromatic carbocycles. The Bertz CT molecular complexity index is 1110. The van der Waals surface area contributed by atoms with Crippen LogP contribution in [0.4, 0.5) is 5.00 Å². The van der Waals surface area contributed by atoms with Crippen LogP contribution in [0.15, 0.2) is 35.5 Å². The van der Waals surface area contributed by atoms with Crippen molar-refractivity contribution in [2.75, 3.05) is 24.8 Å². The van der Waals surface area contributed by atoms with E-state index in [0.29, 0.717) is 28.9 Å². The van der Waals surface area contributed by atoms with Crippen molar-refractivity contribution < 1.29 is 19.1 Å². The molecule has 0 saturated carbocycles. The van der Waals surface area contributed by atoms with Gasteiger partial charge in [-0.15, -0.1) is 21.5 Å². The summed E-state index contributed by atoms with van der Waals surface area (Å²) in [5.41, 5.74) is 1.31. The van der Waals surface area contributed by atoms with Gasteiger partial charge in [0, 0.05) is 17.0 Å². The fraction of sp³-hybridized carbons (Fsp3) is 0.417. The molecule has 34 heavy (non-hydrogen) atoms. The van der Waals surface area contributed by atoms with Crippen LogP contribution < -0.4 is 10.1 Å². The van der Waals surface area contributed by atoms with Crippen LogP contribution >= 0.6 is 23.1 Å². The Balaban J connectivity index is 1.66. The molecule has 3 rings (SSSR count). The lowest BCUT2D eigenvalue weighted by molar-refractivity contribution is -0.113. The quantitative estimate of drug-likeness (QED) is 0.204. The van der Waals surface area contributed by atoms with Gasteiger partial charge in [-0.05, 0) is 50.1 Å². The molecule has 8 nitrogen and oxygen atoms in total. The monoisotopic (exact) mass is 502 g/mol. The van der Waals surface area contributed by atoms with Crippen molar-refractivity contribution in [2.24, 2.45) is 0 Å². The van der Waals surface area contributed by atoms with Crippen molar-refractivity contribution >= 4 is 40.0 Å². The summed E-state index contributed by atoms with van der Waals surface area (Å²) >= 11 is 2.69. The molecule has 0 radical (unpaired) electrons. The number of nitrogens with one attached hydrogen (secondary N) is 1. The van der Waals surface area contributed by atoms with Crippen LogP contribution in [0.2, 0.25) is 0 Å². The number of unbranched alkanes of at least 4 members (excludes halogenated alkanes) is 1. The minimum Gasteiger partial charge on any atom is -0.494 e. The number of aryl methyl sites for hydroxylation is 1. The summed E-state index contributed by atoms with van der Waals surface area (Å²) in [6, 6.07) is 9.57. The van der Waals surface area contributed by atoms with E-state index in [2.05, 4.69) is 22.4 Å². The van der Waals surface area contributed by atoms with Crippen LogP contribution in [-0.2, 0) is 22.5 Å². The maximum absolute atomic E-state index is 12.6. The zero-order valence-electron chi connectivity index (χ0n) is 19.9. The Morgan fingerprint density at radius 3 is 2.56 bits per heavy atom. The van der Waals surface area contributed by atoms with Gasteiger partial charge in [-0.2, -0.15) is 0 Å². The van der Waals surface area contributed by atoms with E-state index in [0.717, 1.165) is 41.3 Å². The van der Waals surface area contributed by atoms with Crippen LogP contribution in [-0.4, -0.2) is 46.1 Å². The minimum absolute atomic E-state index is 0.141. The molecule has 10 heteroatoms. The highest BCUT2D eigenvalue weighted by Gasteiger charge is 2.19. The number of thioether (sulfide) groups is 1. The molecule has 0 bridgehead atoms. The van der Waals surface area contributed by atoms with Crippen molar-refractivity contribution in [1.29, 1.82) is 0 Å². The van der Waals surface area contributed by atoms with Crippen LogP contribution in [0.3, 0.4) is 0 Å². The molecule has 0 fully saturated rings. The third kappa shape index (κ3) is 6.38. The Morgan fingerprint density at radius 1 is 1.15 bits per heavy atom. The SMILES string of the molecule is CCCCOc1ccc(-c2nnc(SCC(=O)Nc3sc(CC)cc3C(=O)OC)n2CC)cc1. The summed E-state index contributed by atoms with van der Waals surface area (Å²) in [7, 11) is 1.33. The van der Waals surface area contributed by atoms with Gasteiger partial charge in [-0.3, -0.25) is 4.79 Å². The number of ether oxygens (including phenoxy) is 2. The molecule has 1 N–H and O–H groups in total. The van der Waals surface area contributed by atoms with E-state index in [1.54, 1.807) is 6.07 Å². The minimum atomic E-state index is -0.462. The highest BCUT2D eigenvalue weighted by molar-refractivity contribution is 7.99. The van der Waals surface area contributed by atoms with E-state index in [1.165, 1.54) is 30.2 Å². The molecule has 0 aliphatic carbocycles. The van der Waals surface area contributed by atoms with Gasteiger partial charge < -0.3 is 19.4 Å². The molecule has 1 amide bonds. The highest BCUT2D eigenvalue weighted by Crippen LogP contribution is 2.30. The van der Waals surface area contributed by atoms with E-state index >= 15 is 0 Å². The van der Waals surface area contributed by atoms with Crippen LogP contribution in [0, 0.1) is 0 Å². The van der Waals surface area contributed by atoms with Crippen molar-refractivity contribution in [1.82, 2.24) is 14.8 Å². The number of anilines is 1. The third-order valence-electron chi connectivity index (χ3n) is 5.03. The molecule has 0 aliphatic rings. The standard InChI is InChI=1S/C24H30N4O4S2/c1-5-8-13-32-17-11-9-16(10-12-17)21-26-27-24(28(21)7-3)33-15-20(29)25-22-19(23(30)31-4)14-18(6-2)34-22/h9-12,14H,5-8,13,15H2,1-4H3,(H,25,29).